The van der Waals surface area contributed by atoms with E-state index in [2.05, 4.69) is 34.3 Å². The van der Waals surface area contributed by atoms with E-state index in [1.807, 2.05) is 24.4 Å². The summed E-state index contributed by atoms with van der Waals surface area (Å²) >= 11 is 0. The zero-order chi connectivity index (χ0) is 21.5. The molecule has 1 aromatic carbocycles. The molecule has 2 fully saturated rings. The molecule has 5 rings (SSSR count). The van der Waals surface area contributed by atoms with Crippen molar-refractivity contribution < 1.29 is 14.4 Å². The van der Waals surface area contributed by atoms with E-state index >= 15 is 0 Å². The van der Waals surface area contributed by atoms with E-state index in [1.54, 1.807) is 4.90 Å². The standard InChI is InChI=1S/C24H26N4O3/c1-15-3-2-10-27(15)13-16-8-9-25-20(11-16)17-4-5-19-18(12-17)14-28(24(19)31)21-6-7-22(29)26-23(21)30/h4-5,8-9,11-12,15,21H,2-3,6-7,10,13-14H2,1H3,(H,26,29,30)/t15-,21?/m1/s1. The summed E-state index contributed by atoms with van der Waals surface area (Å²) in [5.74, 6) is -0.814. The molecule has 3 amide bonds. The van der Waals surface area contributed by atoms with E-state index in [0.717, 1.165) is 29.9 Å². The molecule has 2 atom stereocenters. The molecule has 7 heteroatoms. The Labute approximate surface area is 181 Å². The number of likely N-dealkylation sites (tertiary alicyclic amines) is 1. The van der Waals surface area contributed by atoms with Gasteiger partial charge in [-0.2, -0.15) is 0 Å². The molecule has 3 aliphatic heterocycles. The van der Waals surface area contributed by atoms with Gasteiger partial charge in [0.15, 0.2) is 0 Å². The van der Waals surface area contributed by atoms with Crippen LogP contribution >= 0.6 is 0 Å². The summed E-state index contributed by atoms with van der Waals surface area (Å²) in [6, 6.07) is 9.97. The molecule has 1 aromatic heterocycles. The van der Waals surface area contributed by atoms with Crippen LogP contribution in [-0.2, 0) is 22.7 Å². The number of piperidine rings is 1. The lowest BCUT2D eigenvalue weighted by Crippen LogP contribution is -2.52. The van der Waals surface area contributed by atoms with E-state index < -0.39 is 6.04 Å². The maximum Gasteiger partial charge on any atom is 0.255 e. The Morgan fingerprint density at radius 2 is 2.00 bits per heavy atom. The molecule has 0 aliphatic carbocycles. The highest BCUT2D eigenvalue weighted by atomic mass is 16.2. The maximum absolute atomic E-state index is 12.9. The monoisotopic (exact) mass is 418 g/mol. The largest absolute Gasteiger partial charge is 0.322 e. The second-order valence-electron chi connectivity index (χ2n) is 8.78. The third kappa shape index (κ3) is 3.74. The van der Waals surface area contributed by atoms with Crippen molar-refractivity contribution in [2.75, 3.05) is 6.54 Å². The van der Waals surface area contributed by atoms with Crippen LogP contribution < -0.4 is 5.32 Å². The van der Waals surface area contributed by atoms with E-state index in [9.17, 15) is 14.4 Å². The quantitative estimate of drug-likeness (QED) is 0.772. The number of aromatic nitrogens is 1. The second-order valence-corrected chi connectivity index (χ2v) is 8.78. The summed E-state index contributed by atoms with van der Waals surface area (Å²) in [4.78, 5) is 45.2. The zero-order valence-electron chi connectivity index (χ0n) is 17.6. The molecular formula is C24H26N4O3. The SMILES string of the molecule is C[C@@H]1CCCN1Cc1ccnc(-c2ccc3c(c2)CN(C2CCC(=O)NC2=O)C3=O)c1. The number of nitrogens with zero attached hydrogens (tertiary/aromatic N) is 3. The van der Waals surface area contributed by atoms with Gasteiger partial charge in [-0.1, -0.05) is 6.07 Å². The molecule has 2 saturated heterocycles. The predicted molar refractivity (Wildman–Crippen MR) is 115 cm³/mol. The highest BCUT2D eigenvalue weighted by molar-refractivity contribution is 6.05. The van der Waals surface area contributed by atoms with Gasteiger partial charge in [0.25, 0.3) is 5.91 Å². The average molecular weight is 418 g/mol. The molecule has 0 radical (unpaired) electrons. The van der Waals surface area contributed by atoms with Crippen LogP contribution in [0.5, 0.6) is 0 Å². The van der Waals surface area contributed by atoms with E-state index in [-0.39, 0.29) is 24.1 Å². The molecule has 1 unspecified atom stereocenters. The van der Waals surface area contributed by atoms with Gasteiger partial charge in [0.05, 0.1) is 5.69 Å². The van der Waals surface area contributed by atoms with Crippen molar-refractivity contribution in [1.82, 2.24) is 20.1 Å². The van der Waals surface area contributed by atoms with Crippen molar-refractivity contribution in [3.05, 3.63) is 53.2 Å². The Bertz CT molecular complexity index is 1070. The van der Waals surface area contributed by atoms with Crippen molar-refractivity contribution >= 4 is 17.7 Å². The van der Waals surface area contributed by atoms with Crippen LogP contribution in [0.15, 0.2) is 36.5 Å². The van der Waals surface area contributed by atoms with Crippen LogP contribution in [0.2, 0.25) is 0 Å². The number of rotatable bonds is 4. The van der Waals surface area contributed by atoms with Crippen LogP contribution in [0.1, 0.15) is 54.1 Å². The van der Waals surface area contributed by atoms with Gasteiger partial charge >= 0.3 is 0 Å². The van der Waals surface area contributed by atoms with Gasteiger partial charge in [0.1, 0.15) is 6.04 Å². The highest BCUT2D eigenvalue weighted by Crippen LogP contribution is 2.31. The minimum atomic E-state index is -0.593. The smallest absolute Gasteiger partial charge is 0.255 e. The van der Waals surface area contributed by atoms with E-state index in [4.69, 9.17) is 0 Å². The third-order valence-electron chi connectivity index (χ3n) is 6.72. The summed E-state index contributed by atoms with van der Waals surface area (Å²) in [6.07, 6.45) is 4.98. The number of benzene rings is 1. The zero-order valence-corrected chi connectivity index (χ0v) is 17.6. The number of amides is 3. The molecule has 31 heavy (non-hydrogen) atoms. The second kappa shape index (κ2) is 7.89. The van der Waals surface area contributed by atoms with Crippen molar-refractivity contribution in [2.45, 2.75) is 57.8 Å². The number of hydrogen-bond donors (Lipinski definition) is 1. The highest BCUT2D eigenvalue weighted by Gasteiger charge is 2.39. The maximum atomic E-state index is 12.9. The topological polar surface area (TPSA) is 82.6 Å². The number of carbonyl (C=O) groups excluding carboxylic acids is 3. The van der Waals surface area contributed by atoms with Crippen LogP contribution in [0.4, 0.5) is 0 Å². The normalized spacial score (nSPS) is 23.9. The first-order valence-electron chi connectivity index (χ1n) is 11.0. The van der Waals surface area contributed by atoms with Gasteiger partial charge in [-0.05, 0) is 68.1 Å². The molecule has 1 N–H and O–H groups in total. The molecule has 0 saturated carbocycles. The first-order chi connectivity index (χ1) is 15.0. The third-order valence-corrected chi connectivity index (χ3v) is 6.72. The number of fused-ring (bicyclic) bond motifs is 1. The first-order valence-corrected chi connectivity index (χ1v) is 11.0. The molecule has 2 aromatic rings. The van der Waals surface area contributed by atoms with Crippen LogP contribution in [0.25, 0.3) is 11.3 Å². The summed E-state index contributed by atoms with van der Waals surface area (Å²) in [5, 5.41) is 2.34. The number of nitrogens with one attached hydrogen (secondary N) is 1. The van der Waals surface area contributed by atoms with Gasteiger partial charge in [-0.3, -0.25) is 29.6 Å². The Morgan fingerprint density at radius 3 is 2.77 bits per heavy atom. The summed E-state index contributed by atoms with van der Waals surface area (Å²) in [6.45, 7) is 4.71. The summed E-state index contributed by atoms with van der Waals surface area (Å²) in [7, 11) is 0. The Morgan fingerprint density at radius 1 is 1.13 bits per heavy atom. The molecule has 7 nitrogen and oxygen atoms in total. The Kier molecular flexibility index (Phi) is 5.06. The van der Waals surface area contributed by atoms with Crippen LogP contribution in [-0.4, -0.2) is 51.1 Å². The fourth-order valence-corrected chi connectivity index (χ4v) is 4.93. The fourth-order valence-electron chi connectivity index (χ4n) is 4.93. The first kappa shape index (κ1) is 19.9. The number of imide groups is 1. The summed E-state index contributed by atoms with van der Waals surface area (Å²) in [5.41, 5.74) is 4.61. The molecule has 160 valence electrons. The minimum Gasteiger partial charge on any atom is -0.322 e. The summed E-state index contributed by atoms with van der Waals surface area (Å²) < 4.78 is 0. The van der Waals surface area contributed by atoms with Crippen LogP contribution in [0.3, 0.4) is 0 Å². The number of pyridine rings is 1. The van der Waals surface area contributed by atoms with Gasteiger partial charge in [-0.15, -0.1) is 0 Å². The van der Waals surface area contributed by atoms with Gasteiger partial charge in [-0.25, -0.2) is 0 Å². The lowest BCUT2D eigenvalue weighted by molar-refractivity contribution is -0.136. The van der Waals surface area contributed by atoms with Crippen molar-refractivity contribution in [1.29, 1.82) is 0 Å². The molecule has 0 spiro atoms. The van der Waals surface area contributed by atoms with Crippen molar-refractivity contribution in [3.63, 3.8) is 0 Å². The molecule has 4 heterocycles. The van der Waals surface area contributed by atoms with E-state index in [0.29, 0.717) is 24.6 Å². The van der Waals surface area contributed by atoms with Gasteiger partial charge in [0, 0.05) is 42.9 Å². The number of hydrogen-bond acceptors (Lipinski definition) is 5. The average Bonchev–Trinajstić information content (AvgIpc) is 3.31. The number of carbonyl (C=O) groups is 3. The Hall–Kier alpha value is -3.06. The van der Waals surface area contributed by atoms with E-state index in [1.165, 1.54) is 18.4 Å². The minimum absolute atomic E-state index is 0.152. The molecule has 0 bridgehead atoms. The van der Waals surface area contributed by atoms with Gasteiger partial charge in [0.2, 0.25) is 11.8 Å². The lowest BCUT2D eigenvalue weighted by Gasteiger charge is -2.29. The predicted octanol–water partition coefficient (Wildman–Crippen LogP) is 2.49. The molecule has 3 aliphatic rings. The Balaban J connectivity index is 1.36. The van der Waals surface area contributed by atoms with Gasteiger partial charge < -0.3 is 4.90 Å². The van der Waals surface area contributed by atoms with Crippen molar-refractivity contribution in [3.8, 4) is 11.3 Å². The fraction of sp³-hybridized carbons (Fsp3) is 0.417. The van der Waals surface area contributed by atoms with Crippen LogP contribution in [0, 0.1) is 0 Å². The lowest BCUT2D eigenvalue weighted by atomic mass is 10.0. The molecular weight excluding hydrogens is 392 g/mol. The van der Waals surface area contributed by atoms with Crippen molar-refractivity contribution in [2.24, 2.45) is 0 Å².